The molecule has 3 heterocycles. The van der Waals surface area contributed by atoms with Crippen LogP contribution in [-0.2, 0) is 6.42 Å². The van der Waals surface area contributed by atoms with Gasteiger partial charge in [0.2, 0.25) is 0 Å². The number of ether oxygens (including phenoxy) is 1. The van der Waals surface area contributed by atoms with Gasteiger partial charge in [-0.15, -0.1) is 0 Å². The predicted octanol–water partition coefficient (Wildman–Crippen LogP) is 6.22. The largest absolute Gasteiger partial charge is 0.497 e. The Morgan fingerprint density at radius 1 is 1.00 bits per heavy atom. The second kappa shape index (κ2) is 9.34. The van der Waals surface area contributed by atoms with Crippen LogP contribution in [0.25, 0.3) is 22.4 Å². The Hall–Kier alpha value is -4.39. The molecule has 180 valence electrons. The van der Waals surface area contributed by atoms with Gasteiger partial charge < -0.3 is 14.6 Å². The predicted molar refractivity (Wildman–Crippen MR) is 138 cm³/mol. The quantitative estimate of drug-likeness (QED) is 0.354. The van der Waals surface area contributed by atoms with Crippen molar-refractivity contribution in [2.45, 2.75) is 32.1 Å². The van der Waals surface area contributed by atoms with E-state index in [0.717, 1.165) is 58.8 Å². The molecule has 0 atom stereocenters. The van der Waals surface area contributed by atoms with Crippen LogP contribution in [-0.4, -0.2) is 28.0 Å². The number of nitrogens with zero attached hydrogens (tertiary/aromatic N) is 3. The molecule has 7 heteroatoms. The lowest BCUT2D eigenvalue weighted by molar-refractivity contribution is 0.0958. The Balaban J connectivity index is 1.53. The lowest BCUT2D eigenvalue weighted by Gasteiger charge is -2.23. The van der Waals surface area contributed by atoms with Crippen LogP contribution >= 0.6 is 0 Å². The first kappa shape index (κ1) is 22.1. The van der Waals surface area contributed by atoms with Crippen molar-refractivity contribution in [3.63, 3.8) is 0 Å². The number of nitrogens with one attached hydrogen (secondary N) is 1. The number of fused-ring (bicyclic) bond motifs is 1. The average Bonchev–Trinajstić information content (AvgIpc) is 3.58. The Labute approximate surface area is 209 Å². The Morgan fingerprint density at radius 2 is 1.83 bits per heavy atom. The molecule has 2 aromatic heterocycles. The fraction of sp³-hybridized carbons (Fsp3) is 0.207. The Morgan fingerprint density at radius 3 is 2.53 bits per heavy atom. The summed E-state index contributed by atoms with van der Waals surface area (Å²) in [6.45, 7) is 0. The summed E-state index contributed by atoms with van der Waals surface area (Å²) in [7, 11) is 1.63. The number of anilines is 1. The first-order valence-electron chi connectivity index (χ1n) is 12.2. The van der Waals surface area contributed by atoms with Crippen LogP contribution in [0.5, 0.6) is 5.75 Å². The molecule has 0 amide bonds. The number of hydrogen-bond acceptors (Lipinski definition) is 6. The zero-order valence-electron chi connectivity index (χ0n) is 20.0. The summed E-state index contributed by atoms with van der Waals surface area (Å²) in [6.07, 6.45) is 8.67. The molecule has 0 saturated carbocycles. The van der Waals surface area contributed by atoms with Crippen molar-refractivity contribution < 1.29 is 14.1 Å². The zero-order valence-corrected chi connectivity index (χ0v) is 20.0. The van der Waals surface area contributed by atoms with Gasteiger partial charge >= 0.3 is 0 Å². The lowest BCUT2D eigenvalue weighted by Crippen LogP contribution is -2.27. The standard InChI is InChI=1S/C29H26N4O3/c1-35-22-14-12-20(13-15-22)26-23(30-25-16-17-36-32-25)18-24-27(19-8-4-2-5-9-19)28(31-33(24)29(26)34)21-10-6-3-7-11-21/h3,6-8,10-17H,2,4-5,9,18H2,1H3,(H,30,32). The van der Waals surface area contributed by atoms with E-state index in [4.69, 9.17) is 14.4 Å². The van der Waals surface area contributed by atoms with Gasteiger partial charge in [-0.2, -0.15) is 9.78 Å². The summed E-state index contributed by atoms with van der Waals surface area (Å²) >= 11 is 0. The van der Waals surface area contributed by atoms with Crippen molar-refractivity contribution in [1.82, 2.24) is 14.9 Å². The minimum Gasteiger partial charge on any atom is -0.497 e. The minimum atomic E-state index is -0.174. The molecule has 2 aromatic carbocycles. The summed E-state index contributed by atoms with van der Waals surface area (Å²) in [6, 6.07) is 19.4. The average molecular weight is 479 g/mol. The molecular weight excluding hydrogens is 452 g/mol. The molecule has 1 aliphatic carbocycles. The summed E-state index contributed by atoms with van der Waals surface area (Å²) in [5, 5.41) is 12.3. The summed E-state index contributed by atoms with van der Waals surface area (Å²) in [5.74, 6) is 1.11. The number of allylic oxidation sites excluding steroid dienone is 4. The van der Waals surface area contributed by atoms with Crippen LogP contribution in [0, 0.1) is 0 Å². The van der Waals surface area contributed by atoms with E-state index >= 15 is 0 Å². The van der Waals surface area contributed by atoms with Gasteiger partial charge in [0, 0.05) is 29.3 Å². The fourth-order valence-corrected chi connectivity index (χ4v) is 5.07. The van der Waals surface area contributed by atoms with Gasteiger partial charge in [-0.25, -0.2) is 0 Å². The van der Waals surface area contributed by atoms with Gasteiger partial charge in [0.05, 0.1) is 18.4 Å². The molecule has 0 bridgehead atoms. The van der Waals surface area contributed by atoms with Crippen molar-refractivity contribution in [1.29, 1.82) is 0 Å². The normalized spacial score (nSPS) is 15.5. The summed E-state index contributed by atoms with van der Waals surface area (Å²) < 4.78 is 12.0. The molecule has 0 radical (unpaired) electrons. The Kier molecular flexibility index (Phi) is 5.73. The molecule has 6 rings (SSSR count). The highest BCUT2D eigenvalue weighted by Crippen LogP contribution is 2.40. The van der Waals surface area contributed by atoms with Gasteiger partial charge in [0.25, 0.3) is 5.91 Å². The number of carbonyl (C=O) groups is 1. The number of benzene rings is 2. The van der Waals surface area contributed by atoms with Gasteiger partial charge in [-0.3, -0.25) is 4.79 Å². The van der Waals surface area contributed by atoms with E-state index in [1.165, 1.54) is 18.3 Å². The van der Waals surface area contributed by atoms with E-state index in [2.05, 4.69) is 28.7 Å². The highest BCUT2D eigenvalue weighted by molar-refractivity contribution is 6.23. The second-order valence-electron chi connectivity index (χ2n) is 9.00. The van der Waals surface area contributed by atoms with E-state index in [0.29, 0.717) is 17.8 Å². The van der Waals surface area contributed by atoms with Crippen LogP contribution in [0.2, 0.25) is 0 Å². The van der Waals surface area contributed by atoms with E-state index in [-0.39, 0.29) is 5.91 Å². The third kappa shape index (κ3) is 3.92. The van der Waals surface area contributed by atoms with E-state index in [1.807, 2.05) is 42.5 Å². The highest BCUT2D eigenvalue weighted by Gasteiger charge is 2.34. The highest BCUT2D eigenvalue weighted by atomic mass is 16.5. The molecular formula is C29H26N4O3. The van der Waals surface area contributed by atoms with Gasteiger partial charge in [-0.1, -0.05) is 53.7 Å². The first-order chi connectivity index (χ1) is 17.7. The first-order valence-corrected chi connectivity index (χ1v) is 12.2. The molecule has 2 aliphatic rings. The molecule has 1 N–H and O–H groups in total. The molecule has 0 unspecified atom stereocenters. The molecule has 7 nitrogen and oxygen atoms in total. The number of rotatable bonds is 6. The lowest BCUT2D eigenvalue weighted by atomic mass is 9.88. The third-order valence-electron chi connectivity index (χ3n) is 6.79. The van der Waals surface area contributed by atoms with Crippen LogP contribution in [0.3, 0.4) is 0 Å². The monoisotopic (exact) mass is 478 g/mol. The van der Waals surface area contributed by atoms with Gasteiger partial charge in [0.1, 0.15) is 17.7 Å². The summed E-state index contributed by atoms with van der Waals surface area (Å²) in [4.78, 5) is 14.1. The second-order valence-corrected chi connectivity index (χ2v) is 9.00. The smallest absolute Gasteiger partial charge is 0.280 e. The number of methoxy groups -OCH3 is 1. The van der Waals surface area contributed by atoms with Gasteiger partial charge in [0.15, 0.2) is 5.82 Å². The Bertz CT molecular complexity index is 1460. The maximum Gasteiger partial charge on any atom is 0.280 e. The van der Waals surface area contributed by atoms with Crippen LogP contribution in [0.1, 0.15) is 47.3 Å². The van der Waals surface area contributed by atoms with Crippen molar-refractivity contribution in [2.75, 3.05) is 12.4 Å². The maximum atomic E-state index is 14.1. The van der Waals surface area contributed by atoms with E-state index in [9.17, 15) is 4.79 Å². The van der Waals surface area contributed by atoms with E-state index < -0.39 is 0 Å². The van der Waals surface area contributed by atoms with Gasteiger partial charge in [-0.05, 0) is 49.0 Å². The molecule has 1 aliphatic heterocycles. The zero-order chi connectivity index (χ0) is 24.5. The molecule has 36 heavy (non-hydrogen) atoms. The third-order valence-corrected chi connectivity index (χ3v) is 6.79. The van der Waals surface area contributed by atoms with Crippen molar-refractivity contribution in [2.24, 2.45) is 0 Å². The minimum absolute atomic E-state index is 0.174. The molecule has 0 spiro atoms. The van der Waals surface area contributed by atoms with Crippen molar-refractivity contribution in [3.05, 3.63) is 95.5 Å². The van der Waals surface area contributed by atoms with Crippen LogP contribution in [0.4, 0.5) is 5.82 Å². The molecule has 0 fully saturated rings. The van der Waals surface area contributed by atoms with E-state index in [1.54, 1.807) is 17.9 Å². The number of aromatic nitrogens is 3. The fourth-order valence-electron chi connectivity index (χ4n) is 5.07. The van der Waals surface area contributed by atoms with Crippen LogP contribution < -0.4 is 10.1 Å². The molecule has 0 saturated heterocycles. The van der Waals surface area contributed by atoms with Crippen molar-refractivity contribution in [3.8, 4) is 17.0 Å². The topological polar surface area (TPSA) is 82.2 Å². The number of hydrogen-bond donors (Lipinski definition) is 1. The maximum absolute atomic E-state index is 14.1. The molecule has 4 aromatic rings. The van der Waals surface area contributed by atoms with Crippen LogP contribution in [0.15, 0.2) is 83.2 Å². The SMILES string of the molecule is COc1ccc(C2=C(Nc3ccon3)Cc3c(C4=CCCCC4)c(-c4ccccc4)nn3C2=O)cc1. The van der Waals surface area contributed by atoms with Crippen molar-refractivity contribution >= 4 is 22.9 Å². The summed E-state index contributed by atoms with van der Waals surface area (Å²) in [5.41, 5.74) is 7.20. The number of carbonyl (C=O) groups excluding carboxylic acids is 1.